The topological polar surface area (TPSA) is 3.24 Å². The van der Waals surface area contributed by atoms with Crippen LogP contribution in [0.5, 0.6) is 0 Å². The molecule has 0 heterocycles. The lowest BCUT2D eigenvalue weighted by Gasteiger charge is -2.14. The molecular formula is C16H23N. The fourth-order valence-corrected chi connectivity index (χ4v) is 1.70. The predicted octanol–water partition coefficient (Wildman–Crippen LogP) is 4.12. The van der Waals surface area contributed by atoms with Crippen LogP contribution < -0.4 is 0 Å². The fourth-order valence-electron chi connectivity index (χ4n) is 1.70. The van der Waals surface area contributed by atoms with E-state index in [0.717, 1.165) is 19.3 Å². The van der Waals surface area contributed by atoms with Crippen molar-refractivity contribution in [3.8, 4) is 0 Å². The first-order valence-electron chi connectivity index (χ1n) is 6.24. The highest BCUT2D eigenvalue weighted by Crippen LogP contribution is 2.13. The number of nitrogens with zero attached hydrogens (tertiary/aromatic N) is 1. The van der Waals surface area contributed by atoms with Gasteiger partial charge in [-0.05, 0) is 30.4 Å². The summed E-state index contributed by atoms with van der Waals surface area (Å²) >= 11 is 0. The van der Waals surface area contributed by atoms with Crippen LogP contribution in [0, 0.1) is 0 Å². The first kappa shape index (κ1) is 13.6. The molecule has 92 valence electrons. The van der Waals surface area contributed by atoms with E-state index in [1.165, 1.54) is 16.8 Å². The predicted molar refractivity (Wildman–Crippen MR) is 76.9 cm³/mol. The molecule has 0 unspecified atom stereocenters. The Kier molecular flexibility index (Phi) is 5.55. The minimum absolute atomic E-state index is 1.03. The maximum atomic E-state index is 4.02. The van der Waals surface area contributed by atoms with Crippen LogP contribution in [-0.4, -0.2) is 19.0 Å². The summed E-state index contributed by atoms with van der Waals surface area (Å²) in [6, 6.07) is 8.57. The lowest BCUT2D eigenvalue weighted by atomic mass is 10.0. The van der Waals surface area contributed by atoms with Crippen molar-refractivity contribution < 1.29 is 0 Å². The van der Waals surface area contributed by atoms with Crippen LogP contribution in [0.4, 0.5) is 0 Å². The molecule has 0 fully saturated rings. The normalized spacial score (nSPS) is 10.8. The van der Waals surface area contributed by atoms with E-state index in [2.05, 4.69) is 54.8 Å². The lowest BCUT2D eigenvalue weighted by molar-refractivity contribution is 0.491. The van der Waals surface area contributed by atoms with Crippen molar-refractivity contribution in [1.82, 2.24) is 4.90 Å². The second kappa shape index (κ2) is 6.95. The van der Waals surface area contributed by atoms with E-state index in [1.54, 1.807) is 0 Å². The van der Waals surface area contributed by atoms with Crippen LogP contribution in [0.1, 0.15) is 30.9 Å². The molecule has 1 heteroatoms. The Bertz CT molecular complexity index is 388. The molecule has 0 spiro atoms. The van der Waals surface area contributed by atoms with Crippen LogP contribution in [-0.2, 0) is 6.42 Å². The Morgan fingerprint density at radius 2 is 2.00 bits per heavy atom. The van der Waals surface area contributed by atoms with Crippen molar-refractivity contribution in [2.75, 3.05) is 14.1 Å². The zero-order chi connectivity index (χ0) is 12.7. The number of hydrogen-bond donors (Lipinski definition) is 0. The average molecular weight is 229 g/mol. The Morgan fingerprint density at radius 1 is 1.29 bits per heavy atom. The number of aryl methyl sites for hydroxylation is 1. The summed E-state index contributed by atoms with van der Waals surface area (Å²) in [5.74, 6) is 0. The van der Waals surface area contributed by atoms with Gasteiger partial charge in [0.25, 0.3) is 0 Å². The summed E-state index contributed by atoms with van der Waals surface area (Å²) in [4.78, 5) is 2.08. The third kappa shape index (κ3) is 4.48. The van der Waals surface area contributed by atoms with E-state index >= 15 is 0 Å². The Morgan fingerprint density at radius 3 is 2.65 bits per heavy atom. The number of benzene rings is 1. The molecule has 0 N–H and O–H groups in total. The highest BCUT2D eigenvalue weighted by molar-refractivity contribution is 5.53. The Labute approximate surface area is 105 Å². The zero-order valence-corrected chi connectivity index (χ0v) is 11.2. The number of rotatable bonds is 6. The minimum Gasteiger partial charge on any atom is -0.381 e. The molecular weight excluding hydrogens is 206 g/mol. The second-order valence-electron chi connectivity index (χ2n) is 4.45. The van der Waals surface area contributed by atoms with Gasteiger partial charge in [-0.15, -0.1) is 0 Å². The summed E-state index contributed by atoms with van der Waals surface area (Å²) in [5.41, 5.74) is 3.93. The van der Waals surface area contributed by atoms with Crippen LogP contribution >= 0.6 is 0 Å². The molecule has 0 aliphatic rings. The molecule has 0 amide bonds. The molecule has 0 bridgehead atoms. The first-order valence-corrected chi connectivity index (χ1v) is 6.24. The van der Waals surface area contributed by atoms with E-state index in [-0.39, 0.29) is 0 Å². The molecule has 0 aliphatic heterocycles. The van der Waals surface area contributed by atoms with Crippen molar-refractivity contribution >= 4 is 6.08 Å². The minimum atomic E-state index is 1.03. The summed E-state index contributed by atoms with van der Waals surface area (Å²) in [7, 11) is 4.08. The van der Waals surface area contributed by atoms with Crippen molar-refractivity contribution in [2.45, 2.75) is 26.2 Å². The number of hydrogen-bond acceptors (Lipinski definition) is 1. The van der Waals surface area contributed by atoms with Crippen LogP contribution in [0.3, 0.4) is 0 Å². The summed E-state index contributed by atoms with van der Waals surface area (Å²) in [6.07, 6.45) is 7.63. The molecule has 0 radical (unpaired) electrons. The molecule has 0 saturated heterocycles. The SMILES string of the molecule is C=C(CC/C=C/c1ccccc1CC)N(C)C. The second-order valence-corrected chi connectivity index (χ2v) is 4.45. The fraction of sp³-hybridized carbons (Fsp3) is 0.375. The Balaban J connectivity index is 2.51. The standard InChI is InChI=1S/C16H23N/c1-5-15-11-8-9-13-16(15)12-7-6-10-14(2)17(3)4/h7-9,11-13H,2,5-6,10H2,1,3-4H3/b12-7+. The molecule has 1 rings (SSSR count). The van der Waals surface area contributed by atoms with Crippen molar-refractivity contribution in [3.05, 3.63) is 53.7 Å². The first-order chi connectivity index (χ1) is 8.15. The van der Waals surface area contributed by atoms with Crippen LogP contribution in [0.15, 0.2) is 42.6 Å². The average Bonchev–Trinajstić information content (AvgIpc) is 2.34. The van der Waals surface area contributed by atoms with Gasteiger partial charge < -0.3 is 4.90 Å². The van der Waals surface area contributed by atoms with Gasteiger partial charge in [-0.3, -0.25) is 0 Å². The third-order valence-corrected chi connectivity index (χ3v) is 2.97. The van der Waals surface area contributed by atoms with Gasteiger partial charge >= 0.3 is 0 Å². The number of allylic oxidation sites excluding steroid dienone is 2. The monoisotopic (exact) mass is 229 g/mol. The lowest BCUT2D eigenvalue weighted by Crippen LogP contribution is -2.09. The van der Waals surface area contributed by atoms with E-state index < -0.39 is 0 Å². The summed E-state index contributed by atoms with van der Waals surface area (Å²) in [6.45, 7) is 6.22. The van der Waals surface area contributed by atoms with E-state index in [1.807, 2.05) is 14.1 Å². The summed E-state index contributed by atoms with van der Waals surface area (Å²) in [5, 5.41) is 0. The maximum Gasteiger partial charge on any atom is 0.00579 e. The molecule has 17 heavy (non-hydrogen) atoms. The molecule has 1 aromatic carbocycles. The van der Waals surface area contributed by atoms with Crippen LogP contribution in [0.2, 0.25) is 0 Å². The molecule has 0 saturated carbocycles. The third-order valence-electron chi connectivity index (χ3n) is 2.97. The van der Waals surface area contributed by atoms with Gasteiger partial charge in [0.05, 0.1) is 0 Å². The van der Waals surface area contributed by atoms with Crippen molar-refractivity contribution in [2.24, 2.45) is 0 Å². The molecule has 1 nitrogen and oxygen atoms in total. The van der Waals surface area contributed by atoms with Gasteiger partial charge in [-0.2, -0.15) is 0 Å². The largest absolute Gasteiger partial charge is 0.381 e. The summed E-state index contributed by atoms with van der Waals surface area (Å²) < 4.78 is 0. The van der Waals surface area contributed by atoms with Gasteiger partial charge in [-0.25, -0.2) is 0 Å². The van der Waals surface area contributed by atoms with E-state index in [0.29, 0.717) is 0 Å². The van der Waals surface area contributed by atoms with Crippen molar-refractivity contribution in [1.29, 1.82) is 0 Å². The van der Waals surface area contributed by atoms with Crippen molar-refractivity contribution in [3.63, 3.8) is 0 Å². The molecule has 0 aromatic heterocycles. The van der Waals surface area contributed by atoms with Gasteiger partial charge in [-0.1, -0.05) is 49.9 Å². The zero-order valence-electron chi connectivity index (χ0n) is 11.2. The smallest absolute Gasteiger partial charge is 0.00579 e. The van der Waals surface area contributed by atoms with Gasteiger partial charge in [0.2, 0.25) is 0 Å². The Hall–Kier alpha value is -1.50. The molecule has 1 aromatic rings. The maximum absolute atomic E-state index is 4.02. The van der Waals surface area contributed by atoms with Gasteiger partial charge in [0.1, 0.15) is 0 Å². The quantitative estimate of drug-likeness (QED) is 0.709. The molecule has 0 atom stereocenters. The van der Waals surface area contributed by atoms with E-state index in [4.69, 9.17) is 0 Å². The van der Waals surface area contributed by atoms with Crippen LogP contribution in [0.25, 0.3) is 6.08 Å². The van der Waals surface area contributed by atoms with Gasteiger partial charge in [0.15, 0.2) is 0 Å². The highest BCUT2D eigenvalue weighted by Gasteiger charge is 1.96. The molecule has 0 aliphatic carbocycles. The van der Waals surface area contributed by atoms with Gasteiger partial charge in [0, 0.05) is 19.8 Å². The van der Waals surface area contributed by atoms with E-state index in [9.17, 15) is 0 Å². The highest BCUT2D eigenvalue weighted by atomic mass is 15.1.